The van der Waals surface area contributed by atoms with Gasteiger partial charge in [-0.3, -0.25) is 4.98 Å². The van der Waals surface area contributed by atoms with Gasteiger partial charge in [-0.2, -0.15) is 0 Å². The first-order valence-corrected chi connectivity index (χ1v) is 7.37. The fourth-order valence-corrected chi connectivity index (χ4v) is 2.64. The number of nitrogens with one attached hydrogen (secondary N) is 1. The van der Waals surface area contributed by atoms with Crippen molar-refractivity contribution in [1.29, 1.82) is 0 Å². The Bertz CT molecular complexity index is 753. The molecule has 2 aromatic carbocycles. The van der Waals surface area contributed by atoms with Crippen LogP contribution in [0.2, 0.25) is 0 Å². The lowest BCUT2D eigenvalue weighted by Crippen LogP contribution is -2.01. The first kappa shape index (κ1) is 13.1. The highest BCUT2D eigenvalue weighted by Gasteiger charge is 2.04. The SMILES string of the molecule is Cc1ccc2cccc(NCc3ccccc3Br)c2n1. The smallest absolute Gasteiger partial charge is 0.0936 e. The van der Waals surface area contributed by atoms with E-state index in [4.69, 9.17) is 0 Å². The minimum atomic E-state index is 0.774. The van der Waals surface area contributed by atoms with E-state index < -0.39 is 0 Å². The predicted octanol–water partition coefficient (Wildman–Crippen LogP) is 4.92. The minimum Gasteiger partial charge on any atom is -0.379 e. The number of aromatic nitrogens is 1. The van der Waals surface area contributed by atoms with E-state index >= 15 is 0 Å². The van der Waals surface area contributed by atoms with Gasteiger partial charge in [-0.05, 0) is 30.7 Å². The van der Waals surface area contributed by atoms with Crippen molar-refractivity contribution in [3.05, 3.63) is 70.3 Å². The van der Waals surface area contributed by atoms with Crippen LogP contribution in [0.4, 0.5) is 5.69 Å². The number of halogens is 1. The summed E-state index contributed by atoms with van der Waals surface area (Å²) >= 11 is 3.58. The molecule has 0 saturated heterocycles. The third kappa shape index (κ3) is 2.68. The molecule has 3 aromatic rings. The van der Waals surface area contributed by atoms with E-state index in [0.29, 0.717) is 0 Å². The maximum absolute atomic E-state index is 4.64. The fraction of sp³-hybridized carbons (Fsp3) is 0.118. The summed E-state index contributed by atoms with van der Waals surface area (Å²) in [7, 11) is 0. The normalized spacial score (nSPS) is 10.7. The van der Waals surface area contributed by atoms with Gasteiger partial charge in [0.15, 0.2) is 0 Å². The van der Waals surface area contributed by atoms with Crippen molar-refractivity contribution in [2.45, 2.75) is 13.5 Å². The summed E-state index contributed by atoms with van der Waals surface area (Å²) in [6.45, 7) is 2.79. The van der Waals surface area contributed by atoms with E-state index in [0.717, 1.165) is 33.3 Å². The number of hydrogen-bond donors (Lipinski definition) is 1. The van der Waals surface area contributed by atoms with Gasteiger partial charge >= 0.3 is 0 Å². The largest absolute Gasteiger partial charge is 0.379 e. The van der Waals surface area contributed by atoms with E-state index in [1.807, 2.05) is 25.1 Å². The van der Waals surface area contributed by atoms with Crippen LogP contribution >= 0.6 is 15.9 Å². The molecule has 100 valence electrons. The summed E-state index contributed by atoms with van der Waals surface area (Å²) in [4.78, 5) is 4.64. The molecule has 0 aliphatic carbocycles. The summed E-state index contributed by atoms with van der Waals surface area (Å²) in [5.41, 5.74) is 4.37. The molecule has 1 aromatic heterocycles. The van der Waals surface area contributed by atoms with Crippen LogP contribution in [-0.2, 0) is 6.54 Å². The maximum Gasteiger partial charge on any atom is 0.0936 e. The zero-order chi connectivity index (χ0) is 13.9. The van der Waals surface area contributed by atoms with Crippen LogP contribution in [0.3, 0.4) is 0 Å². The molecule has 1 heterocycles. The number of pyridine rings is 1. The Morgan fingerprint density at radius 1 is 1.00 bits per heavy atom. The maximum atomic E-state index is 4.64. The molecule has 2 nitrogen and oxygen atoms in total. The second-order valence-electron chi connectivity index (χ2n) is 4.77. The highest BCUT2D eigenvalue weighted by atomic mass is 79.9. The number of nitrogens with zero attached hydrogens (tertiary/aromatic N) is 1. The van der Waals surface area contributed by atoms with Crippen LogP contribution < -0.4 is 5.32 Å². The van der Waals surface area contributed by atoms with Crippen LogP contribution in [0.15, 0.2) is 59.1 Å². The Morgan fingerprint density at radius 2 is 1.85 bits per heavy atom. The van der Waals surface area contributed by atoms with Crippen molar-refractivity contribution in [2.24, 2.45) is 0 Å². The average molecular weight is 327 g/mol. The van der Waals surface area contributed by atoms with Gasteiger partial charge in [0.25, 0.3) is 0 Å². The van der Waals surface area contributed by atoms with Gasteiger partial charge in [0.1, 0.15) is 0 Å². The van der Waals surface area contributed by atoms with Crippen molar-refractivity contribution in [2.75, 3.05) is 5.32 Å². The van der Waals surface area contributed by atoms with Crippen LogP contribution in [-0.4, -0.2) is 4.98 Å². The third-order valence-corrected chi connectivity index (χ3v) is 4.06. The molecule has 0 aliphatic rings. The Kier molecular flexibility index (Phi) is 3.70. The Labute approximate surface area is 127 Å². The standard InChI is InChI=1S/C17H15BrN2/c1-12-9-10-13-6-4-8-16(17(13)20-12)19-11-14-5-2-3-7-15(14)18/h2-10,19H,11H2,1H3. The monoisotopic (exact) mass is 326 g/mol. The van der Waals surface area contributed by atoms with Gasteiger partial charge in [-0.1, -0.05) is 52.3 Å². The summed E-state index contributed by atoms with van der Waals surface area (Å²) in [6.07, 6.45) is 0. The molecule has 0 bridgehead atoms. The molecular weight excluding hydrogens is 312 g/mol. The van der Waals surface area contributed by atoms with Crippen molar-refractivity contribution in [1.82, 2.24) is 4.98 Å². The molecule has 0 radical (unpaired) electrons. The van der Waals surface area contributed by atoms with Crippen LogP contribution in [0, 0.1) is 6.92 Å². The van der Waals surface area contributed by atoms with Crippen LogP contribution in [0.5, 0.6) is 0 Å². The Morgan fingerprint density at radius 3 is 2.70 bits per heavy atom. The lowest BCUT2D eigenvalue weighted by Gasteiger charge is -2.10. The number of hydrogen-bond acceptors (Lipinski definition) is 2. The molecule has 3 rings (SSSR count). The predicted molar refractivity (Wildman–Crippen MR) is 87.9 cm³/mol. The molecule has 3 heteroatoms. The summed E-state index contributed by atoms with van der Waals surface area (Å²) in [5, 5.41) is 4.64. The molecular formula is C17H15BrN2. The zero-order valence-corrected chi connectivity index (χ0v) is 12.8. The van der Waals surface area contributed by atoms with Crippen molar-refractivity contribution in [3.8, 4) is 0 Å². The van der Waals surface area contributed by atoms with Crippen LogP contribution in [0.1, 0.15) is 11.3 Å². The number of anilines is 1. The highest BCUT2D eigenvalue weighted by Crippen LogP contribution is 2.23. The first-order chi connectivity index (χ1) is 9.74. The lowest BCUT2D eigenvalue weighted by molar-refractivity contribution is 1.13. The molecule has 0 unspecified atom stereocenters. The van der Waals surface area contributed by atoms with Crippen molar-refractivity contribution >= 4 is 32.5 Å². The third-order valence-electron chi connectivity index (χ3n) is 3.29. The quantitative estimate of drug-likeness (QED) is 0.739. The van der Waals surface area contributed by atoms with Gasteiger partial charge in [0.05, 0.1) is 11.2 Å². The molecule has 0 spiro atoms. The molecule has 0 fully saturated rings. The van der Waals surface area contributed by atoms with E-state index in [-0.39, 0.29) is 0 Å². The second kappa shape index (κ2) is 5.63. The zero-order valence-electron chi connectivity index (χ0n) is 11.2. The molecule has 0 saturated carbocycles. The highest BCUT2D eigenvalue weighted by molar-refractivity contribution is 9.10. The van der Waals surface area contributed by atoms with Gasteiger partial charge in [0.2, 0.25) is 0 Å². The van der Waals surface area contributed by atoms with E-state index in [1.54, 1.807) is 0 Å². The second-order valence-corrected chi connectivity index (χ2v) is 5.63. The summed E-state index contributed by atoms with van der Waals surface area (Å²) < 4.78 is 1.12. The minimum absolute atomic E-state index is 0.774. The van der Waals surface area contributed by atoms with Crippen LogP contribution in [0.25, 0.3) is 10.9 Å². The molecule has 0 atom stereocenters. The van der Waals surface area contributed by atoms with E-state index in [2.05, 4.69) is 62.6 Å². The number of fused-ring (bicyclic) bond motifs is 1. The van der Waals surface area contributed by atoms with Gasteiger partial charge in [0, 0.05) is 22.1 Å². The molecule has 20 heavy (non-hydrogen) atoms. The topological polar surface area (TPSA) is 24.9 Å². The fourth-order valence-electron chi connectivity index (χ4n) is 2.22. The Hall–Kier alpha value is -1.87. The summed E-state index contributed by atoms with van der Waals surface area (Å²) in [5.74, 6) is 0. The number of rotatable bonds is 3. The number of benzene rings is 2. The molecule has 1 N–H and O–H groups in total. The van der Waals surface area contributed by atoms with Gasteiger partial charge in [-0.15, -0.1) is 0 Å². The molecule has 0 aliphatic heterocycles. The summed E-state index contributed by atoms with van der Waals surface area (Å²) in [6, 6.07) is 18.6. The first-order valence-electron chi connectivity index (χ1n) is 6.58. The van der Waals surface area contributed by atoms with E-state index in [9.17, 15) is 0 Å². The molecule has 0 amide bonds. The van der Waals surface area contributed by atoms with Crippen molar-refractivity contribution in [3.63, 3.8) is 0 Å². The van der Waals surface area contributed by atoms with Crippen molar-refractivity contribution < 1.29 is 0 Å². The van der Waals surface area contributed by atoms with E-state index in [1.165, 1.54) is 5.56 Å². The van der Waals surface area contributed by atoms with Gasteiger partial charge in [-0.25, -0.2) is 0 Å². The number of para-hydroxylation sites is 1. The lowest BCUT2D eigenvalue weighted by atomic mass is 10.1. The number of aryl methyl sites for hydroxylation is 1. The average Bonchev–Trinajstić information content (AvgIpc) is 2.46. The van der Waals surface area contributed by atoms with Gasteiger partial charge < -0.3 is 5.32 Å². The Balaban J connectivity index is 1.91.